The van der Waals surface area contributed by atoms with Crippen molar-refractivity contribution in [3.63, 3.8) is 0 Å². The second kappa shape index (κ2) is 5.50. The molecule has 1 aromatic heterocycles. The molecule has 2 rings (SSSR count). The van der Waals surface area contributed by atoms with Crippen molar-refractivity contribution in [1.29, 1.82) is 0 Å². The molecule has 0 saturated heterocycles. The molecule has 5 nitrogen and oxygen atoms in total. The van der Waals surface area contributed by atoms with E-state index in [0.29, 0.717) is 10.6 Å². The Morgan fingerprint density at radius 1 is 1.24 bits per heavy atom. The van der Waals surface area contributed by atoms with Crippen LogP contribution in [0.25, 0.3) is 0 Å². The number of hydrogen-bond acceptors (Lipinski definition) is 4. The molecule has 0 saturated carbocycles. The molecule has 2 aromatic rings. The molecule has 1 aromatic carbocycles. The number of aryl methyl sites for hydroxylation is 2. The van der Waals surface area contributed by atoms with Gasteiger partial charge in [-0.25, -0.2) is 13.2 Å². The van der Waals surface area contributed by atoms with Crippen LogP contribution >= 0.6 is 11.3 Å². The second-order valence-electron chi connectivity index (χ2n) is 4.69. The fourth-order valence-electron chi connectivity index (χ4n) is 1.90. The predicted molar refractivity (Wildman–Crippen MR) is 82.7 cm³/mol. The molecule has 0 aliphatic rings. The predicted octanol–water partition coefficient (Wildman–Crippen LogP) is 3.17. The van der Waals surface area contributed by atoms with Crippen molar-refractivity contribution < 1.29 is 18.3 Å². The van der Waals surface area contributed by atoms with Crippen LogP contribution in [0.4, 0.5) is 5.69 Å². The zero-order valence-corrected chi connectivity index (χ0v) is 13.4. The van der Waals surface area contributed by atoms with Crippen LogP contribution in [0.5, 0.6) is 0 Å². The molecule has 1 heterocycles. The first-order valence-electron chi connectivity index (χ1n) is 6.15. The number of carboxylic acids is 1. The first kappa shape index (κ1) is 15.5. The summed E-state index contributed by atoms with van der Waals surface area (Å²) >= 11 is 0.949. The lowest BCUT2D eigenvalue weighted by molar-refractivity contribution is 0.0702. The number of benzene rings is 1. The molecule has 0 fully saturated rings. The maximum atomic E-state index is 12.4. The lowest BCUT2D eigenvalue weighted by Gasteiger charge is -2.11. The highest BCUT2D eigenvalue weighted by atomic mass is 32.2. The summed E-state index contributed by atoms with van der Waals surface area (Å²) in [6, 6.07) is 6.53. The van der Waals surface area contributed by atoms with Gasteiger partial charge in [0, 0.05) is 4.88 Å². The average Bonchev–Trinajstić information content (AvgIpc) is 2.78. The Bertz CT molecular complexity index is 806. The summed E-state index contributed by atoms with van der Waals surface area (Å²) in [5, 5.41) is 8.95. The Hall–Kier alpha value is -1.86. The van der Waals surface area contributed by atoms with Gasteiger partial charge in [-0.1, -0.05) is 12.1 Å². The van der Waals surface area contributed by atoms with Crippen molar-refractivity contribution in [3.05, 3.63) is 45.1 Å². The van der Waals surface area contributed by atoms with Gasteiger partial charge < -0.3 is 5.11 Å². The highest BCUT2D eigenvalue weighted by molar-refractivity contribution is 7.93. The van der Waals surface area contributed by atoms with E-state index in [4.69, 9.17) is 5.11 Å². The van der Waals surface area contributed by atoms with Crippen molar-refractivity contribution in [2.24, 2.45) is 0 Å². The fraction of sp³-hybridized carbons (Fsp3) is 0.214. The van der Waals surface area contributed by atoms with Crippen molar-refractivity contribution in [2.75, 3.05) is 4.72 Å². The summed E-state index contributed by atoms with van der Waals surface area (Å²) in [6.07, 6.45) is 0. The molecule has 0 bridgehead atoms. The fourth-order valence-corrected chi connectivity index (χ4v) is 4.45. The Labute approximate surface area is 127 Å². The van der Waals surface area contributed by atoms with Crippen LogP contribution < -0.4 is 4.72 Å². The maximum absolute atomic E-state index is 12.4. The zero-order chi connectivity index (χ0) is 15.8. The van der Waals surface area contributed by atoms with Crippen molar-refractivity contribution >= 4 is 33.0 Å². The molecule has 112 valence electrons. The molecular weight excluding hydrogens is 310 g/mol. The quantitative estimate of drug-likeness (QED) is 0.904. The van der Waals surface area contributed by atoms with Gasteiger partial charge >= 0.3 is 5.97 Å². The molecule has 0 atom stereocenters. The van der Waals surface area contributed by atoms with Crippen molar-refractivity contribution in [2.45, 2.75) is 25.7 Å². The van der Waals surface area contributed by atoms with Crippen LogP contribution in [0.2, 0.25) is 0 Å². The lowest BCUT2D eigenvalue weighted by atomic mass is 10.1. The zero-order valence-electron chi connectivity index (χ0n) is 11.8. The van der Waals surface area contributed by atoms with E-state index in [2.05, 4.69) is 4.72 Å². The third-order valence-electron chi connectivity index (χ3n) is 3.22. The molecule has 0 spiro atoms. The molecule has 2 N–H and O–H groups in total. The number of rotatable bonds is 4. The summed E-state index contributed by atoms with van der Waals surface area (Å²) in [7, 11) is -3.80. The van der Waals surface area contributed by atoms with E-state index in [-0.39, 0.29) is 9.77 Å². The molecule has 21 heavy (non-hydrogen) atoms. The third-order valence-corrected chi connectivity index (χ3v) is 5.88. The van der Waals surface area contributed by atoms with E-state index < -0.39 is 16.0 Å². The average molecular weight is 325 g/mol. The lowest BCUT2D eigenvalue weighted by Crippen LogP contribution is -2.14. The van der Waals surface area contributed by atoms with Gasteiger partial charge in [-0.05, 0) is 44.0 Å². The normalized spacial score (nSPS) is 11.4. The Balaban J connectivity index is 2.43. The highest BCUT2D eigenvalue weighted by Crippen LogP contribution is 2.28. The Morgan fingerprint density at radius 2 is 1.90 bits per heavy atom. The van der Waals surface area contributed by atoms with Gasteiger partial charge in [0.05, 0.1) is 5.69 Å². The number of carbonyl (C=O) groups is 1. The van der Waals surface area contributed by atoms with E-state index in [1.54, 1.807) is 19.1 Å². The Kier molecular flexibility index (Phi) is 4.06. The molecule has 0 radical (unpaired) electrons. The van der Waals surface area contributed by atoms with E-state index >= 15 is 0 Å². The number of anilines is 1. The van der Waals surface area contributed by atoms with E-state index in [9.17, 15) is 13.2 Å². The number of hydrogen-bond donors (Lipinski definition) is 2. The molecular formula is C14H15NO4S2. The molecule has 7 heteroatoms. The summed E-state index contributed by atoms with van der Waals surface area (Å²) in [4.78, 5) is 11.4. The molecule has 0 unspecified atom stereocenters. The monoisotopic (exact) mass is 325 g/mol. The number of sulfonamides is 1. The van der Waals surface area contributed by atoms with Crippen LogP contribution in [0.15, 0.2) is 29.2 Å². The van der Waals surface area contributed by atoms with E-state index in [0.717, 1.165) is 22.5 Å². The van der Waals surface area contributed by atoms with Crippen LogP contribution in [0.1, 0.15) is 25.7 Å². The summed E-state index contributed by atoms with van der Waals surface area (Å²) < 4.78 is 27.4. The number of thiophene rings is 1. The van der Waals surface area contributed by atoms with Crippen LogP contribution in [-0.2, 0) is 10.0 Å². The topological polar surface area (TPSA) is 83.5 Å². The largest absolute Gasteiger partial charge is 0.477 e. The molecule has 0 amide bonds. The smallest absolute Gasteiger partial charge is 0.345 e. The standard InChI is InChI=1S/C14H15NO4S2/c1-8-5-4-6-11(9(8)2)15-21(18,19)13-7-12(14(16)17)20-10(13)3/h4-7,15H,1-3H3,(H,16,17). The third kappa shape index (κ3) is 3.08. The van der Waals surface area contributed by atoms with Crippen LogP contribution in [0.3, 0.4) is 0 Å². The summed E-state index contributed by atoms with van der Waals surface area (Å²) in [5.41, 5.74) is 2.31. The van der Waals surface area contributed by atoms with Gasteiger partial charge in [-0.3, -0.25) is 4.72 Å². The van der Waals surface area contributed by atoms with Gasteiger partial charge in [0.25, 0.3) is 10.0 Å². The number of aromatic carboxylic acids is 1. The van der Waals surface area contributed by atoms with Gasteiger partial charge in [0.2, 0.25) is 0 Å². The van der Waals surface area contributed by atoms with Crippen LogP contribution in [-0.4, -0.2) is 19.5 Å². The number of carboxylic acid groups (broad SMARTS) is 1. The molecule has 0 aliphatic heterocycles. The van der Waals surface area contributed by atoms with Gasteiger partial charge in [-0.15, -0.1) is 11.3 Å². The first-order chi connectivity index (χ1) is 9.72. The van der Waals surface area contributed by atoms with Crippen molar-refractivity contribution in [3.8, 4) is 0 Å². The minimum Gasteiger partial charge on any atom is -0.477 e. The number of nitrogens with one attached hydrogen (secondary N) is 1. The van der Waals surface area contributed by atoms with Crippen LogP contribution in [0, 0.1) is 20.8 Å². The second-order valence-corrected chi connectivity index (χ2v) is 7.60. The van der Waals surface area contributed by atoms with Gasteiger partial charge in [0.1, 0.15) is 9.77 Å². The Morgan fingerprint density at radius 3 is 2.48 bits per heavy atom. The first-order valence-corrected chi connectivity index (χ1v) is 8.45. The maximum Gasteiger partial charge on any atom is 0.345 e. The van der Waals surface area contributed by atoms with Gasteiger partial charge in [0.15, 0.2) is 0 Å². The summed E-state index contributed by atoms with van der Waals surface area (Å²) in [5.74, 6) is -1.13. The minimum absolute atomic E-state index is 0.00538. The van der Waals surface area contributed by atoms with E-state index in [1.165, 1.54) is 6.07 Å². The summed E-state index contributed by atoms with van der Waals surface area (Å²) in [6.45, 7) is 5.32. The minimum atomic E-state index is -3.80. The van der Waals surface area contributed by atoms with Crippen molar-refractivity contribution in [1.82, 2.24) is 0 Å². The van der Waals surface area contributed by atoms with E-state index in [1.807, 2.05) is 19.9 Å². The SMILES string of the molecule is Cc1cccc(NS(=O)(=O)c2cc(C(=O)O)sc2C)c1C. The molecule has 0 aliphatic carbocycles. The van der Waals surface area contributed by atoms with Gasteiger partial charge in [-0.2, -0.15) is 0 Å². The highest BCUT2D eigenvalue weighted by Gasteiger charge is 2.22.